The number of aromatic nitrogens is 2. The van der Waals surface area contributed by atoms with E-state index in [1.54, 1.807) is 30.6 Å². The number of phenolic OH excluding ortho intramolecular Hbond substituents is 1. The van der Waals surface area contributed by atoms with Crippen LogP contribution in [0.2, 0.25) is 0 Å². The molecule has 0 saturated carbocycles. The smallest absolute Gasteiger partial charge is 0.159 e. The average molecular weight is 285 g/mol. The minimum absolute atomic E-state index is 0.183. The summed E-state index contributed by atoms with van der Waals surface area (Å²) in [5.41, 5.74) is 0.790. The predicted molar refractivity (Wildman–Crippen MR) is 80.3 cm³/mol. The molecule has 0 spiro atoms. The normalized spacial score (nSPS) is 19.0. The monoisotopic (exact) mass is 285 g/mol. The van der Waals surface area contributed by atoms with Gasteiger partial charge in [-0.05, 0) is 37.9 Å². The molecule has 0 amide bonds. The molecule has 5 heteroatoms. The Morgan fingerprint density at radius 1 is 1.19 bits per heavy atom. The van der Waals surface area contributed by atoms with Crippen LogP contribution in [0.1, 0.15) is 19.3 Å². The molecule has 1 unspecified atom stereocenters. The topological polar surface area (TPSA) is 67.3 Å². The highest BCUT2D eigenvalue weighted by atomic mass is 16.5. The molecular weight excluding hydrogens is 266 g/mol. The van der Waals surface area contributed by atoms with Crippen molar-refractivity contribution in [1.29, 1.82) is 0 Å². The summed E-state index contributed by atoms with van der Waals surface area (Å²) in [4.78, 5) is 8.62. The highest BCUT2D eigenvalue weighted by Gasteiger charge is 2.13. The van der Waals surface area contributed by atoms with Gasteiger partial charge in [0, 0.05) is 12.1 Å². The SMILES string of the molecule is Oc1cccc(-c2ncc(OC3CCCCNC3)cn2)c1. The van der Waals surface area contributed by atoms with Crippen LogP contribution in [0.5, 0.6) is 11.5 Å². The quantitative estimate of drug-likeness (QED) is 0.906. The molecule has 1 aliphatic rings. The van der Waals surface area contributed by atoms with Gasteiger partial charge in [-0.15, -0.1) is 0 Å². The van der Waals surface area contributed by atoms with Crippen molar-refractivity contribution < 1.29 is 9.84 Å². The first-order valence-electron chi connectivity index (χ1n) is 7.30. The Kier molecular flexibility index (Phi) is 4.31. The highest BCUT2D eigenvalue weighted by molar-refractivity contribution is 5.57. The maximum Gasteiger partial charge on any atom is 0.159 e. The summed E-state index contributed by atoms with van der Waals surface area (Å²) in [7, 11) is 0. The fraction of sp³-hybridized carbons (Fsp3) is 0.375. The molecule has 0 radical (unpaired) electrons. The largest absolute Gasteiger partial charge is 0.508 e. The molecule has 2 N–H and O–H groups in total. The summed E-state index contributed by atoms with van der Waals surface area (Å²) in [6.45, 7) is 1.93. The second kappa shape index (κ2) is 6.54. The minimum atomic E-state index is 0.183. The van der Waals surface area contributed by atoms with Crippen molar-refractivity contribution >= 4 is 0 Å². The first kappa shape index (κ1) is 13.8. The molecule has 21 heavy (non-hydrogen) atoms. The van der Waals surface area contributed by atoms with Gasteiger partial charge in [0.05, 0.1) is 12.4 Å². The van der Waals surface area contributed by atoms with Gasteiger partial charge in [0.15, 0.2) is 11.6 Å². The van der Waals surface area contributed by atoms with Crippen molar-refractivity contribution in [2.45, 2.75) is 25.4 Å². The van der Waals surface area contributed by atoms with Gasteiger partial charge >= 0.3 is 0 Å². The summed E-state index contributed by atoms with van der Waals surface area (Å²) < 4.78 is 5.91. The van der Waals surface area contributed by atoms with Crippen molar-refractivity contribution in [3.8, 4) is 22.9 Å². The molecule has 1 aromatic heterocycles. The van der Waals surface area contributed by atoms with Crippen molar-refractivity contribution in [3.63, 3.8) is 0 Å². The van der Waals surface area contributed by atoms with E-state index in [1.165, 1.54) is 12.8 Å². The minimum Gasteiger partial charge on any atom is -0.508 e. The Hall–Kier alpha value is -2.14. The van der Waals surface area contributed by atoms with Gasteiger partial charge in [0.1, 0.15) is 11.9 Å². The average Bonchev–Trinajstić information content (AvgIpc) is 2.77. The molecule has 1 aromatic carbocycles. The van der Waals surface area contributed by atoms with Crippen LogP contribution in [0, 0.1) is 0 Å². The third kappa shape index (κ3) is 3.70. The molecule has 5 nitrogen and oxygen atoms in total. The summed E-state index contributed by atoms with van der Waals surface area (Å²) in [6, 6.07) is 6.91. The summed E-state index contributed by atoms with van der Waals surface area (Å²) >= 11 is 0. The number of hydrogen-bond donors (Lipinski definition) is 2. The number of phenols is 1. The summed E-state index contributed by atoms with van der Waals surface area (Å²) in [5.74, 6) is 1.48. The van der Waals surface area contributed by atoms with Gasteiger partial charge in [0.2, 0.25) is 0 Å². The Labute approximate surface area is 124 Å². The van der Waals surface area contributed by atoms with Crippen LogP contribution in [-0.4, -0.2) is 34.3 Å². The number of benzene rings is 1. The lowest BCUT2D eigenvalue weighted by Gasteiger charge is -2.16. The number of aromatic hydroxyl groups is 1. The second-order valence-electron chi connectivity index (χ2n) is 5.23. The molecule has 110 valence electrons. The van der Waals surface area contributed by atoms with Crippen molar-refractivity contribution in [2.75, 3.05) is 13.1 Å². The van der Waals surface area contributed by atoms with Crippen LogP contribution in [0.25, 0.3) is 11.4 Å². The molecular formula is C16H19N3O2. The van der Waals surface area contributed by atoms with Crippen LogP contribution >= 0.6 is 0 Å². The number of rotatable bonds is 3. The number of ether oxygens (including phenoxy) is 1. The van der Waals surface area contributed by atoms with E-state index < -0.39 is 0 Å². The van der Waals surface area contributed by atoms with Crippen molar-refractivity contribution in [1.82, 2.24) is 15.3 Å². The molecule has 0 aliphatic carbocycles. The lowest BCUT2D eigenvalue weighted by molar-refractivity contribution is 0.193. The van der Waals surface area contributed by atoms with E-state index in [2.05, 4.69) is 15.3 Å². The van der Waals surface area contributed by atoms with E-state index in [9.17, 15) is 5.11 Å². The van der Waals surface area contributed by atoms with Gasteiger partial charge in [-0.3, -0.25) is 0 Å². The van der Waals surface area contributed by atoms with E-state index in [1.807, 2.05) is 6.07 Å². The fourth-order valence-electron chi connectivity index (χ4n) is 2.45. The lowest BCUT2D eigenvalue weighted by Crippen LogP contribution is -2.29. The van der Waals surface area contributed by atoms with Crippen LogP contribution in [0.3, 0.4) is 0 Å². The number of nitrogens with zero attached hydrogens (tertiary/aromatic N) is 2. The van der Waals surface area contributed by atoms with E-state index in [0.717, 1.165) is 25.1 Å². The molecule has 2 heterocycles. The van der Waals surface area contributed by atoms with Crippen LogP contribution < -0.4 is 10.1 Å². The van der Waals surface area contributed by atoms with Crippen molar-refractivity contribution in [2.24, 2.45) is 0 Å². The zero-order chi connectivity index (χ0) is 14.5. The van der Waals surface area contributed by atoms with Crippen molar-refractivity contribution in [3.05, 3.63) is 36.7 Å². The van der Waals surface area contributed by atoms with Gasteiger partial charge in [0.25, 0.3) is 0 Å². The Morgan fingerprint density at radius 2 is 2.05 bits per heavy atom. The highest BCUT2D eigenvalue weighted by Crippen LogP contribution is 2.21. The molecule has 1 fully saturated rings. The standard InChI is InChI=1S/C16H19N3O2/c20-13-5-3-4-12(8-13)16-18-10-15(11-19-16)21-14-6-1-2-7-17-9-14/h3-5,8,10-11,14,17,20H,1-2,6-7,9H2. The zero-order valence-electron chi connectivity index (χ0n) is 11.8. The first-order valence-corrected chi connectivity index (χ1v) is 7.30. The maximum atomic E-state index is 9.48. The number of hydrogen-bond acceptors (Lipinski definition) is 5. The lowest BCUT2D eigenvalue weighted by atomic mass is 10.2. The number of nitrogens with one attached hydrogen (secondary N) is 1. The Balaban J connectivity index is 1.69. The first-order chi connectivity index (χ1) is 10.3. The van der Waals surface area contributed by atoms with E-state index >= 15 is 0 Å². The third-order valence-corrected chi connectivity index (χ3v) is 3.54. The summed E-state index contributed by atoms with van der Waals surface area (Å²) in [6.07, 6.45) is 7.01. The third-order valence-electron chi connectivity index (χ3n) is 3.54. The summed E-state index contributed by atoms with van der Waals surface area (Å²) in [5, 5.41) is 12.9. The van der Waals surface area contributed by atoms with Crippen LogP contribution in [0.4, 0.5) is 0 Å². The van der Waals surface area contributed by atoms with E-state index in [-0.39, 0.29) is 11.9 Å². The molecule has 0 bridgehead atoms. The molecule has 1 atom stereocenters. The van der Waals surface area contributed by atoms with E-state index in [4.69, 9.17) is 4.74 Å². The van der Waals surface area contributed by atoms with Gasteiger partial charge < -0.3 is 15.2 Å². The van der Waals surface area contributed by atoms with Crippen LogP contribution in [-0.2, 0) is 0 Å². The zero-order valence-corrected chi connectivity index (χ0v) is 11.8. The predicted octanol–water partition coefficient (Wildman–Crippen LogP) is 2.37. The van der Waals surface area contributed by atoms with Crippen LogP contribution in [0.15, 0.2) is 36.7 Å². The Morgan fingerprint density at radius 3 is 2.86 bits per heavy atom. The van der Waals surface area contributed by atoms with Gasteiger partial charge in [-0.25, -0.2) is 9.97 Å². The van der Waals surface area contributed by atoms with E-state index in [0.29, 0.717) is 11.6 Å². The fourth-order valence-corrected chi connectivity index (χ4v) is 2.45. The molecule has 1 saturated heterocycles. The van der Waals surface area contributed by atoms with Gasteiger partial charge in [-0.1, -0.05) is 12.1 Å². The molecule has 3 rings (SSSR count). The van der Waals surface area contributed by atoms with Gasteiger partial charge in [-0.2, -0.15) is 0 Å². The molecule has 1 aliphatic heterocycles. The second-order valence-corrected chi connectivity index (χ2v) is 5.23. The maximum absolute atomic E-state index is 9.48. The molecule has 2 aromatic rings. The Bertz CT molecular complexity index is 578.